The highest BCUT2D eigenvalue weighted by molar-refractivity contribution is 5.94. The van der Waals surface area contributed by atoms with Crippen LogP contribution in [0, 0.1) is 5.82 Å². The van der Waals surface area contributed by atoms with Gasteiger partial charge in [0.1, 0.15) is 11.6 Å². The summed E-state index contributed by atoms with van der Waals surface area (Å²) >= 11 is 0. The second-order valence-corrected chi connectivity index (χ2v) is 7.09. The molecule has 0 saturated carbocycles. The van der Waals surface area contributed by atoms with Crippen LogP contribution in [-0.2, 0) is 6.54 Å². The normalized spacial score (nSPS) is 15.8. The number of carbonyl (C=O) groups excluding carboxylic acids is 1. The van der Waals surface area contributed by atoms with E-state index in [1.165, 1.54) is 24.3 Å². The van der Waals surface area contributed by atoms with Crippen molar-refractivity contribution in [3.05, 3.63) is 65.7 Å². The standard InChI is InChI=1S/C21H21F3N4O/c22-16-8-6-15(7-9-16)20(29)27-11-3-10-26(12-13-27)14-19-25-17-4-1-2-5-18(17)28(19)21(23)24/h1-2,4-9,21H,3,10-14H2. The van der Waals surface area contributed by atoms with Crippen molar-refractivity contribution >= 4 is 16.9 Å². The molecule has 1 aliphatic heterocycles. The molecule has 0 unspecified atom stereocenters. The molecule has 2 heterocycles. The molecule has 0 bridgehead atoms. The Morgan fingerprint density at radius 2 is 1.76 bits per heavy atom. The van der Waals surface area contributed by atoms with Crippen LogP contribution in [0.5, 0.6) is 0 Å². The van der Waals surface area contributed by atoms with Crippen LogP contribution < -0.4 is 0 Å². The van der Waals surface area contributed by atoms with Gasteiger partial charge in [-0.1, -0.05) is 12.1 Å². The average molecular weight is 402 g/mol. The van der Waals surface area contributed by atoms with E-state index in [0.29, 0.717) is 48.6 Å². The van der Waals surface area contributed by atoms with Gasteiger partial charge in [-0.05, 0) is 42.8 Å². The van der Waals surface area contributed by atoms with Crippen LogP contribution in [0.2, 0.25) is 0 Å². The largest absolute Gasteiger partial charge is 0.337 e. The third kappa shape index (κ3) is 4.12. The SMILES string of the molecule is O=C(c1ccc(F)cc1)N1CCCN(Cc2nc3ccccc3n2C(F)F)CC1. The zero-order chi connectivity index (χ0) is 20.4. The molecule has 1 fully saturated rings. The van der Waals surface area contributed by atoms with Crippen LogP contribution in [0.15, 0.2) is 48.5 Å². The first-order valence-electron chi connectivity index (χ1n) is 9.54. The Bertz CT molecular complexity index is 1000. The Hall–Kier alpha value is -2.87. The van der Waals surface area contributed by atoms with Gasteiger partial charge in [0.15, 0.2) is 0 Å². The first kappa shape index (κ1) is 19.4. The Morgan fingerprint density at radius 1 is 1.00 bits per heavy atom. The molecule has 1 aliphatic rings. The van der Waals surface area contributed by atoms with Gasteiger partial charge in [-0.3, -0.25) is 14.3 Å². The quantitative estimate of drug-likeness (QED) is 0.664. The van der Waals surface area contributed by atoms with Crippen molar-refractivity contribution in [2.24, 2.45) is 0 Å². The van der Waals surface area contributed by atoms with Crippen molar-refractivity contribution in [1.29, 1.82) is 0 Å². The number of carbonyl (C=O) groups is 1. The van der Waals surface area contributed by atoms with Crippen molar-refractivity contribution in [3.63, 3.8) is 0 Å². The zero-order valence-corrected chi connectivity index (χ0v) is 15.8. The lowest BCUT2D eigenvalue weighted by Crippen LogP contribution is -2.35. The molecule has 29 heavy (non-hydrogen) atoms. The third-order valence-electron chi connectivity index (χ3n) is 5.20. The summed E-state index contributed by atoms with van der Waals surface area (Å²) in [5, 5.41) is 0. The highest BCUT2D eigenvalue weighted by Gasteiger charge is 2.23. The van der Waals surface area contributed by atoms with Gasteiger partial charge in [0.05, 0.1) is 17.6 Å². The van der Waals surface area contributed by atoms with Crippen LogP contribution in [0.3, 0.4) is 0 Å². The molecule has 152 valence electrons. The molecule has 5 nitrogen and oxygen atoms in total. The number of amides is 1. The average Bonchev–Trinajstić information content (AvgIpc) is 2.91. The molecule has 0 radical (unpaired) electrons. The Balaban J connectivity index is 1.47. The number of rotatable bonds is 4. The van der Waals surface area contributed by atoms with E-state index in [2.05, 4.69) is 4.98 Å². The van der Waals surface area contributed by atoms with Crippen LogP contribution >= 0.6 is 0 Å². The number of benzene rings is 2. The van der Waals surface area contributed by atoms with E-state index in [9.17, 15) is 18.0 Å². The van der Waals surface area contributed by atoms with E-state index >= 15 is 0 Å². The fourth-order valence-corrected chi connectivity index (χ4v) is 3.73. The van der Waals surface area contributed by atoms with Crippen molar-refractivity contribution in [3.8, 4) is 0 Å². The second kappa shape index (κ2) is 8.24. The van der Waals surface area contributed by atoms with E-state index in [1.807, 2.05) is 4.90 Å². The van der Waals surface area contributed by atoms with Gasteiger partial charge in [0, 0.05) is 31.7 Å². The van der Waals surface area contributed by atoms with E-state index in [-0.39, 0.29) is 18.3 Å². The number of alkyl halides is 2. The van der Waals surface area contributed by atoms with Crippen LogP contribution in [0.4, 0.5) is 13.2 Å². The number of halogens is 3. The van der Waals surface area contributed by atoms with Gasteiger partial charge in [-0.2, -0.15) is 8.78 Å². The first-order chi connectivity index (χ1) is 14.0. The topological polar surface area (TPSA) is 41.4 Å². The summed E-state index contributed by atoms with van der Waals surface area (Å²) in [5.74, 6) is -0.211. The molecule has 1 aromatic heterocycles. The van der Waals surface area contributed by atoms with E-state index in [0.717, 1.165) is 11.0 Å². The molecule has 8 heteroatoms. The minimum atomic E-state index is -2.67. The lowest BCUT2D eigenvalue weighted by molar-refractivity contribution is 0.0683. The molecule has 0 N–H and O–H groups in total. The maximum Gasteiger partial charge on any atom is 0.320 e. The summed E-state index contributed by atoms with van der Waals surface area (Å²) in [6.07, 6.45) is 0.724. The summed E-state index contributed by atoms with van der Waals surface area (Å²) in [6, 6.07) is 12.4. The molecule has 0 spiro atoms. The fourth-order valence-electron chi connectivity index (χ4n) is 3.73. The molecule has 0 atom stereocenters. The minimum absolute atomic E-state index is 0.147. The van der Waals surface area contributed by atoms with Crippen LogP contribution in [0.25, 0.3) is 11.0 Å². The predicted octanol–water partition coefficient (Wildman–Crippen LogP) is 3.92. The van der Waals surface area contributed by atoms with E-state index < -0.39 is 6.55 Å². The summed E-state index contributed by atoms with van der Waals surface area (Å²) in [4.78, 5) is 20.8. The first-order valence-corrected chi connectivity index (χ1v) is 9.54. The maximum atomic E-state index is 13.6. The van der Waals surface area contributed by atoms with Crippen molar-refractivity contribution < 1.29 is 18.0 Å². The zero-order valence-electron chi connectivity index (χ0n) is 15.8. The number of para-hydroxylation sites is 2. The molecule has 1 amide bonds. The number of aromatic nitrogens is 2. The Labute approximate surface area is 166 Å². The maximum absolute atomic E-state index is 13.6. The molecule has 1 saturated heterocycles. The minimum Gasteiger partial charge on any atom is -0.337 e. The number of hydrogen-bond donors (Lipinski definition) is 0. The Morgan fingerprint density at radius 3 is 2.52 bits per heavy atom. The van der Waals surface area contributed by atoms with Crippen LogP contribution in [-0.4, -0.2) is 51.4 Å². The molecule has 2 aromatic carbocycles. The third-order valence-corrected chi connectivity index (χ3v) is 5.20. The van der Waals surface area contributed by atoms with E-state index in [4.69, 9.17) is 0 Å². The summed E-state index contributed by atoms with van der Waals surface area (Å²) in [7, 11) is 0. The summed E-state index contributed by atoms with van der Waals surface area (Å²) in [5.41, 5.74) is 1.41. The highest BCUT2D eigenvalue weighted by atomic mass is 19.3. The van der Waals surface area contributed by atoms with Gasteiger partial charge < -0.3 is 4.90 Å². The second-order valence-electron chi connectivity index (χ2n) is 7.09. The molecule has 4 rings (SSSR count). The summed E-state index contributed by atoms with van der Waals surface area (Å²) in [6.45, 7) is -0.0967. The van der Waals surface area contributed by atoms with Crippen LogP contribution in [0.1, 0.15) is 29.2 Å². The van der Waals surface area contributed by atoms with Gasteiger partial charge in [-0.25, -0.2) is 9.37 Å². The smallest absolute Gasteiger partial charge is 0.320 e. The Kier molecular flexibility index (Phi) is 5.53. The lowest BCUT2D eigenvalue weighted by atomic mass is 10.2. The molecule has 0 aliphatic carbocycles. The van der Waals surface area contributed by atoms with Crippen molar-refractivity contribution in [1.82, 2.24) is 19.4 Å². The van der Waals surface area contributed by atoms with Gasteiger partial charge in [0.2, 0.25) is 0 Å². The summed E-state index contributed by atoms with van der Waals surface area (Å²) < 4.78 is 41.3. The lowest BCUT2D eigenvalue weighted by Gasteiger charge is -2.22. The van der Waals surface area contributed by atoms with Crippen molar-refractivity contribution in [2.45, 2.75) is 19.5 Å². The molecular weight excluding hydrogens is 381 g/mol. The monoisotopic (exact) mass is 402 g/mol. The van der Waals surface area contributed by atoms with Gasteiger partial charge in [-0.15, -0.1) is 0 Å². The molecule has 3 aromatic rings. The van der Waals surface area contributed by atoms with E-state index in [1.54, 1.807) is 29.2 Å². The van der Waals surface area contributed by atoms with Crippen molar-refractivity contribution in [2.75, 3.05) is 26.2 Å². The van der Waals surface area contributed by atoms with Gasteiger partial charge >= 0.3 is 6.55 Å². The number of hydrogen-bond acceptors (Lipinski definition) is 3. The predicted molar refractivity (Wildman–Crippen MR) is 103 cm³/mol. The highest BCUT2D eigenvalue weighted by Crippen LogP contribution is 2.24. The fraction of sp³-hybridized carbons (Fsp3) is 0.333. The number of nitrogens with zero attached hydrogens (tertiary/aromatic N) is 4. The van der Waals surface area contributed by atoms with Gasteiger partial charge in [0.25, 0.3) is 5.91 Å². The number of fused-ring (bicyclic) bond motifs is 1. The molecular formula is C21H21F3N4O. The number of imidazole rings is 1.